The number of aromatic nitrogens is 2. The summed E-state index contributed by atoms with van der Waals surface area (Å²) in [5, 5.41) is 4.54. The summed E-state index contributed by atoms with van der Waals surface area (Å²) in [5.41, 5.74) is 6.44. The van der Waals surface area contributed by atoms with Crippen LogP contribution in [0.4, 0.5) is 10.1 Å². The first-order chi connectivity index (χ1) is 5.66. The van der Waals surface area contributed by atoms with Crippen LogP contribution in [0.15, 0.2) is 18.3 Å². The van der Waals surface area contributed by atoms with E-state index in [0.29, 0.717) is 16.6 Å². The zero-order chi connectivity index (χ0) is 8.72. The second-order valence-corrected chi connectivity index (χ2v) is 2.74. The van der Waals surface area contributed by atoms with Crippen molar-refractivity contribution in [3.05, 3.63) is 24.1 Å². The third-order valence-electron chi connectivity index (χ3n) is 1.71. The molecule has 0 amide bonds. The third-order valence-corrected chi connectivity index (χ3v) is 1.71. The van der Waals surface area contributed by atoms with E-state index in [1.807, 2.05) is 0 Å². The molecule has 0 fully saturated rings. The van der Waals surface area contributed by atoms with E-state index >= 15 is 0 Å². The molecule has 12 heavy (non-hydrogen) atoms. The van der Waals surface area contributed by atoms with E-state index in [0.717, 1.165) is 0 Å². The van der Waals surface area contributed by atoms with E-state index in [4.69, 9.17) is 5.73 Å². The van der Waals surface area contributed by atoms with Crippen molar-refractivity contribution >= 4 is 16.6 Å². The average Bonchev–Trinajstić information content (AvgIpc) is 2.29. The zero-order valence-electron chi connectivity index (χ0n) is 6.58. The largest absolute Gasteiger partial charge is 0.399 e. The van der Waals surface area contributed by atoms with Crippen molar-refractivity contribution in [2.24, 2.45) is 7.05 Å². The predicted octanol–water partition coefficient (Wildman–Crippen LogP) is 1.29. The van der Waals surface area contributed by atoms with Crippen molar-refractivity contribution in [3.8, 4) is 0 Å². The number of anilines is 1. The van der Waals surface area contributed by atoms with Crippen LogP contribution in [0.25, 0.3) is 10.9 Å². The van der Waals surface area contributed by atoms with Gasteiger partial charge in [0.25, 0.3) is 0 Å². The Morgan fingerprint density at radius 2 is 2.25 bits per heavy atom. The Morgan fingerprint density at radius 3 is 3.00 bits per heavy atom. The van der Waals surface area contributed by atoms with Gasteiger partial charge >= 0.3 is 0 Å². The molecule has 0 spiro atoms. The number of hydrogen-bond acceptors (Lipinski definition) is 2. The van der Waals surface area contributed by atoms with E-state index < -0.39 is 0 Å². The van der Waals surface area contributed by atoms with Gasteiger partial charge in [-0.1, -0.05) is 0 Å². The molecular formula is C8H8FN3. The van der Waals surface area contributed by atoms with Crippen LogP contribution in [-0.2, 0) is 7.05 Å². The Balaban J connectivity index is 2.88. The predicted molar refractivity (Wildman–Crippen MR) is 45.1 cm³/mol. The second-order valence-electron chi connectivity index (χ2n) is 2.74. The molecule has 0 saturated heterocycles. The van der Waals surface area contributed by atoms with E-state index in [1.54, 1.807) is 24.0 Å². The first-order valence-electron chi connectivity index (χ1n) is 3.55. The van der Waals surface area contributed by atoms with Crippen molar-refractivity contribution in [3.63, 3.8) is 0 Å². The highest BCUT2D eigenvalue weighted by molar-refractivity contribution is 5.81. The smallest absolute Gasteiger partial charge is 0.136 e. The molecule has 0 unspecified atom stereocenters. The van der Waals surface area contributed by atoms with Crippen LogP contribution in [0.5, 0.6) is 0 Å². The third kappa shape index (κ3) is 0.922. The van der Waals surface area contributed by atoms with Gasteiger partial charge in [-0.25, -0.2) is 4.39 Å². The molecule has 2 aromatic rings. The Hall–Kier alpha value is -1.58. The van der Waals surface area contributed by atoms with Gasteiger partial charge in [-0.2, -0.15) is 5.10 Å². The molecule has 1 heterocycles. The number of benzene rings is 1. The topological polar surface area (TPSA) is 43.8 Å². The summed E-state index contributed by atoms with van der Waals surface area (Å²) in [7, 11) is 1.75. The first-order valence-corrected chi connectivity index (χ1v) is 3.55. The minimum absolute atomic E-state index is 0.321. The van der Waals surface area contributed by atoms with Crippen LogP contribution in [0.2, 0.25) is 0 Å². The van der Waals surface area contributed by atoms with Crippen molar-refractivity contribution in [2.75, 3.05) is 5.73 Å². The lowest BCUT2D eigenvalue weighted by molar-refractivity contribution is 0.640. The molecule has 0 aliphatic heterocycles. The highest BCUT2D eigenvalue weighted by atomic mass is 19.1. The summed E-state index contributed by atoms with van der Waals surface area (Å²) in [6.07, 6.45) is 1.63. The number of halogens is 1. The van der Waals surface area contributed by atoms with Gasteiger partial charge in [-0.3, -0.25) is 4.68 Å². The molecule has 0 bridgehead atoms. The van der Waals surface area contributed by atoms with E-state index in [-0.39, 0.29) is 5.82 Å². The summed E-state index contributed by atoms with van der Waals surface area (Å²) in [4.78, 5) is 0. The maximum absolute atomic E-state index is 13.1. The number of fused-ring (bicyclic) bond motifs is 1. The summed E-state index contributed by atoms with van der Waals surface area (Å²) in [6, 6.07) is 2.95. The first kappa shape index (κ1) is 7.09. The fourth-order valence-corrected chi connectivity index (χ4v) is 1.22. The fraction of sp³-hybridized carbons (Fsp3) is 0.125. The molecular weight excluding hydrogens is 157 g/mol. The molecule has 1 aromatic heterocycles. The Labute approximate surface area is 68.6 Å². The molecule has 0 aliphatic carbocycles. The molecule has 62 valence electrons. The molecule has 4 heteroatoms. The molecule has 0 atom stereocenters. The molecule has 0 aliphatic rings. The Bertz CT molecular complexity index is 433. The SMILES string of the molecule is Cn1cc2c(F)cc(N)cc2n1. The van der Waals surface area contributed by atoms with Gasteiger partial charge in [-0.15, -0.1) is 0 Å². The highest BCUT2D eigenvalue weighted by Gasteiger charge is 2.04. The van der Waals surface area contributed by atoms with Crippen LogP contribution in [0.1, 0.15) is 0 Å². The minimum atomic E-state index is -0.321. The van der Waals surface area contributed by atoms with Crippen molar-refractivity contribution in [1.29, 1.82) is 0 Å². The maximum Gasteiger partial charge on any atom is 0.136 e. The number of rotatable bonds is 0. The fourth-order valence-electron chi connectivity index (χ4n) is 1.22. The maximum atomic E-state index is 13.1. The van der Waals surface area contributed by atoms with Crippen LogP contribution in [0, 0.1) is 5.82 Å². The number of aryl methyl sites for hydroxylation is 1. The summed E-state index contributed by atoms with van der Waals surface area (Å²) >= 11 is 0. The molecule has 2 rings (SSSR count). The van der Waals surface area contributed by atoms with Crippen LogP contribution >= 0.6 is 0 Å². The van der Waals surface area contributed by atoms with Gasteiger partial charge in [0.15, 0.2) is 0 Å². The number of hydrogen-bond donors (Lipinski definition) is 1. The second kappa shape index (κ2) is 2.20. The van der Waals surface area contributed by atoms with Gasteiger partial charge in [-0.05, 0) is 12.1 Å². The lowest BCUT2D eigenvalue weighted by atomic mass is 10.2. The van der Waals surface area contributed by atoms with E-state index in [1.165, 1.54) is 6.07 Å². The lowest BCUT2D eigenvalue weighted by Gasteiger charge is -1.92. The van der Waals surface area contributed by atoms with Crippen molar-refractivity contribution < 1.29 is 4.39 Å². The van der Waals surface area contributed by atoms with E-state index in [2.05, 4.69) is 5.10 Å². The number of nitrogens with zero attached hydrogens (tertiary/aromatic N) is 2. The van der Waals surface area contributed by atoms with Crippen molar-refractivity contribution in [1.82, 2.24) is 9.78 Å². The molecule has 2 N–H and O–H groups in total. The van der Waals surface area contributed by atoms with Gasteiger partial charge in [0, 0.05) is 18.9 Å². The molecule has 3 nitrogen and oxygen atoms in total. The van der Waals surface area contributed by atoms with Gasteiger partial charge in [0.1, 0.15) is 5.82 Å². The number of nitrogen functional groups attached to an aromatic ring is 1. The van der Waals surface area contributed by atoms with Crippen molar-refractivity contribution in [2.45, 2.75) is 0 Å². The lowest BCUT2D eigenvalue weighted by Crippen LogP contribution is -1.87. The standard InChI is InChI=1S/C8H8FN3/c1-12-4-6-7(9)2-5(10)3-8(6)11-12/h2-4H,10H2,1H3. The van der Waals surface area contributed by atoms with Gasteiger partial charge < -0.3 is 5.73 Å². The minimum Gasteiger partial charge on any atom is -0.399 e. The Kier molecular flexibility index (Phi) is 1.30. The quantitative estimate of drug-likeness (QED) is 0.598. The summed E-state index contributed by atoms with van der Waals surface area (Å²) < 4.78 is 14.7. The van der Waals surface area contributed by atoms with Gasteiger partial charge in [0.2, 0.25) is 0 Å². The highest BCUT2D eigenvalue weighted by Crippen LogP contribution is 2.19. The van der Waals surface area contributed by atoms with E-state index in [9.17, 15) is 4.39 Å². The molecule has 1 aromatic carbocycles. The number of nitrogens with two attached hydrogens (primary N) is 1. The molecule has 0 radical (unpaired) electrons. The average molecular weight is 165 g/mol. The van der Waals surface area contributed by atoms with Crippen LogP contribution in [0.3, 0.4) is 0 Å². The summed E-state index contributed by atoms with van der Waals surface area (Å²) in [6.45, 7) is 0. The van der Waals surface area contributed by atoms with Crippen LogP contribution < -0.4 is 5.73 Å². The zero-order valence-corrected chi connectivity index (χ0v) is 6.58. The summed E-state index contributed by atoms with van der Waals surface area (Å²) in [5.74, 6) is -0.321. The van der Waals surface area contributed by atoms with Gasteiger partial charge in [0.05, 0.1) is 10.9 Å². The molecule has 0 saturated carbocycles. The monoisotopic (exact) mass is 165 g/mol. The normalized spacial score (nSPS) is 10.8. The van der Waals surface area contributed by atoms with Crippen LogP contribution in [-0.4, -0.2) is 9.78 Å². The Morgan fingerprint density at radius 1 is 1.50 bits per heavy atom.